The second-order valence-corrected chi connectivity index (χ2v) is 8.53. The van der Waals surface area contributed by atoms with Crippen LogP contribution in [0.5, 0.6) is 0 Å². The van der Waals surface area contributed by atoms with Crippen molar-refractivity contribution in [1.82, 2.24) is 5.32 Å². The highest BCUT2D eigenvalue weighted by Crippen LogP contribution is 2.11. The summed E-state index contributed by atoms with van der Waals surface area (Å²) in [4.78, 5) is 23.0. The number of rotatable bonds is 12. The van der Waals surface area contributed by atoms with Gasteiger partial charge in [0.2, 0.25) is 0 Å². The van der Waals surface area contributed by atoms with Gasteiger partial charge in [0.1, 0.15) is 5.60 Å². The number of amides is 1. The van der Waals surface area contributed by atoms with Gasteiger partial charge in [0.25, 0.3) is 0 Å². The van der Waals surface area contributed by atoms with Crippen molar-refractivity contribution in [3.63, 3.8) is 0 Å². The summed E-state index contributed by atoms with van der Waals surface area (Å²) in [6.45, 7) is 13.7. The molecule has 0 radical (unpaired) electrons. The van der Waals surface area contributed by atoms with Crippen LogP contribution in [0.15, 0.2) is 34.9 Å². The van der Waals surface area contributed by atoms with Gasteiger partial charge in [-0.15, -0.1) is 0 Å². The number of alkyl carbamates (subject to hydrolysis) is 1. The number of hydrogen-bond acceptors (Lipinski definition) is 4. The highest BCUT2D eigenvalue weighted by Gasteiger charge is 2.23. The molecule has 0 saturated carbocycles. The molecule has 174 valence electrons. The van der Waals surface area contributed by atoms with E-state index in [-0.39, 0.29) is 14.0 Å². The number of carbonyl (C=O) groups is 2. The SMILES string of the molecule is C.CC(C)=CCC/C(C)=C/CC/C(C)=C/COC[C@H](NC(=O)OC(C)(C)C)C(=O)O. The average molecular weight is 426 g/mol. The van der Waals surface area contributed by atoms with E-state index in [4.69, 9.17) is 9.47 Å². The minimum atomic E-state index is -1.16. The fraction of sp³-hybridized carbons (Fsp3) is 0.667. The van der Waals surface area contributed by atoms with E-state index in [1.165, 1.54) is 16.7 Å². The number of carboxylic acids is 1. The lowest BCUT2D eigenvalue weighted by atomic mass is 10.1. The van der Waals surface area contributed by atoms with Crippen LogP contribution in [0.25, 0.3) is 0 Å². The van der Waals surface area contributed by atoms with E-state index in [0.717, 1.165) is 25.7 Å². The molecular formula is C24H43NO5. The third-order valence-corrected chi connectivity index (χ3v) is 3.95. The van der Waals surface area contributed by atoms with Crippen LogP contribution in [-0.2, 0) is 14.3 Å². The summed E-state index contributed by atoms with van der Waals surface area (Å²) in [6, 6.07) is -1.15. The number of hydrogen-bond donors (Lipinski definition) is 2. The van der Waals surface area contributed by atoms with E-state index in [0.29, 0.717) is 6.61 Å². The van der Waals surface area contributed by atoms with Crippen molar-refractivity contribution in [2.75, 3.05) is 13.2 Å². The molecule has 0 aliphatic carbocycles. The van der Waals surface area contributed by atoms with Crippen LogP contribution in [0.1, 0.15) is 81.6 Å². The summed E-state index contributed by atoms with van der Waals surface area (Å²) in [5.74, 6) is -1.16. The average Bonchev–Trinajstić information content (AvgIpc) is 2.55. The summed E-state index contributed by atoms with van der Waals surface area (Å²) in [5, 5.41) is 11.5. The van der Waals surface area contributed by atoms with Gasteiger partial charge in [-0.1, -0.05) is 42.4 Å². The predicted molar refractivity (Wildman–Crippen MR) is 124 cm³/mol. The molecule has 1 atom stereocenters. The van der Waals surface area contributed by atoms with E-state index in [2.05, 4.69) is 38.2 Å². The van der Waals surface area contributed by atoms with E-state index < -0.39 is 23.7 Å². The molecule has 0 saturated heterocycles. The molecule has 0 aromatic carbocycles. The molecule has 6 nitrogen and oxygen atoms in total. The molecule has 0 bridgehead atoms. The fourth-order valence-electron chi connectivity index (χ4n) is 2.35. The zero-order valence-electron chi connectivity index (χ0n) is 19.1. The van der Waals surface area contributed by atoms with E-state index in [1.54, 1.807) is 20.8 Å². The molecule has 0 fully saturated rings. The monoisotopic (exact) mass is 425 g/mol. The summed E-state index contributed by atoms with van der Waals surface area (Å²) < 4.78 is 10.5. The number of carboxylic acid groups (broad SMARTS) is 1. The minimum absolute atomic E-state index is 0. The van der Waals surface area contributed by atoms with Crippen LogP contribution in [-0.4, -0.2) is 42.0 Å². The first-order valence-corrected chi connectivity index (χ1v) is 10.2. The van der Waals surface area contributed by atoms with Crippen LogP contribution in [0, 0.1) is 0 Å². The summed E-state index contributed by atoms with van der Waals surface area (Å²) in [7, 11) is 0. The highest BCUT2D eigenvalue weighted by atomic mass is 16.6. The lowest BCUT2D eigenvalue weighted by Crippen LogP contribution is -2.46. The number of allylic oxidation sites excluding steroid dienone is 5. The van der Waals surface area contributed by atoms with Crippen LogP contribution in [0.3, 0.4) is 0 Å². The van der Waals surface area contributed by atoms with Gasteiger partial charge in [-0.2, -0.15) is 0 Å². The lowest BCUT2D eigenvalue weighted by Gasteiger charge is -2.21. The Kier molecular flexibility index (Phi) is 15.8. The van der Waals surface area contributed by atoms with Gasteiger partial charge in [0.15, 0.2) is 6.04 Å². The maximum absolute atomic E-state index is 11.7. The molecule has 0 spiro atoms. The van der Waals surface area contributed by atoms with Crippen molar-refractivity contribution in [2.45, 2.75) is 93.2 Å². The smallest absolute Gasteiger partial charge is 0.408 e. The molecule has 0 unspecified atom stereocenters. The van der Waals surface area contributed by atoms with Crippen LogP contribution in [0.4, 0.5) is 4.79 Å². The fourth-order valence-corrected chi connectivity index (χ4v) is 2.35. The van der Waals surface area contributed by atoms with Gasteiger partial charge >= 0.3 is 12.1 Å². The molecule has 30 heavy (non-hydrogen) atoms. The van der Waals surface area contributed by atoms with Crippen LogP contribution < -0.4 is 5.32 Å². The Labute approximate surface area is 183 Å². The molecule has 0 aliphatic rings. The minimum Gasteiger partial charge on any atom is -0.480 e. The molecule has 0 aromatic rings. The topological polar surface area (TPSA) is 84.9 Å². The summed E-state index contributed by atoms with van der Waals surface area (Å²) in [5.41, 5.74) is 3.24. The van der Waals surface area contributed by atoms with Crippen LogP contribution in [0.2, 0.25) is 0 Å². The van der Waals surface area contributed by atoms with E-state index >= 15 is 0 Å². The van der Waals surface area contributed by atoms with E-state index in [1.807, 2.05) is 13.0 Å². The molecule has 6 heteroatoms. The second kappa shape index (κ2) is 15.7. The zero-order valence-corrected chi connectivity index (χ0v) is 19.1. The maximum atomic E-state index is 11.7. The lowest BCUT2D eigenvalue weighted by molar-refractivity contribution is -0.141. The Balaban J connectivity index is 0. The zero-order chi connectivity index (χ0) is 22.4. The Morgan fingerprint density at radius 2 is 1.50 bits per heavy atom. The van der Waals surface area contributed by atoms with Crippen molar-refractivity contribution in [2.24, 2.45) is 0 Å². The first kappa shape index (κ1) is 30.1. The molecule has 0 aliphatic heterocycles. The van der Waals surface area contributed by atoms with Crippen molar-refractivity contribution < 1.29 is 24.2 Å². The van der Waals surface area contributed by atoms with Crippen molar-refractivity contribution >= 4 is 12.1 Å². The Bertz CT molecular complexity index is 608. The Morgan fingerprint density at radius 3 is 2.00 bits per heavy atom. The largest absolute Gasteiger partial charge is 0.480 e. The maximum Gasteiger partial charge on any atom is 0.408 e. The summed E-state index contributed by atoms with van der Waals surface area (Å²) in [6.07, 6.45) is 9.76. The third kappa shape index (κ3) is 18.0. The van der Waals surface area contributed by atoms with Gasteiger partial charge < -0.3 is 19.9 Å². The van der Waals surface area contributed by atoms with Crippen LogP contribution >= 0.6 is 0 Å². The van der Waals surface area contributed by atoms with Gasteiger partial charge in [0, 0.05) is 0 Å². The van der Waals surface area contributed by atoms with Gasteiger partial charge in [0.05, 0.1) is 13.2 Å². The predicted octanol–water partition coefficient (Wildman–Crippen LogP) is 6.04. The Morgan fingerprint density at radius 1 is 0.967 bits per heavy atom. The first-order chi connectivity index (χ1) is 13.4. The van der Waals surface area contributed by atoms with Crippen molar-refractivity contribution in [3.05, 3.63) is 34.9 Å². The number of nitrogens with one attached hydrogen (secondary N) is 1. The van der Waals surface area contributed by atoms with Gasteiger partial charge in [-0.05, 0) is 74.1 Å². The molecule has 2 N–H and O–H groups in total. The molecule has 0 heterocycles. The molecular weight excluding hydrogens is 382 g/mol. The third-order valence-electron chi connectivity index (χ3n) is 3.95. The molecule has 0 rings (SSSR count). The standard InChI is InChI=1S/C23H39NO5.CH4/c1-17(2)10-8-11-18(3)12-9-13-19(4)14-15-28-16-20(21(25)26)24-22(27)29-23(5,6)7;/h10,12,14,20H,8-9,11,13,15-16H2,1-7H3,(H,24,27)(H,25,26);1H4/b18-12+,19-14+;/t20-;/m0./s1. The van der Waals surface area contributed by atoms with E-state index in [9.17, 15) is 14.7 Å². The number of carbonyl (C=O) groups excluding carboxylic acids is 1. The normalized spacial score (nSPS) is 13.2. The molecule has 0 aromatic heterocycles. The van der Waals surface area contributed by atoms with Gasteiger partial charge in [-0.25, -0.2) is 9.59 Å². The Hall–Kier alpha value is -2.08. The second-order valence-electron chi connectivity index (χ2n) is 8.53. The molecule has 1 amide bonds. The van der Waals surface area contributed by atoms with Crippen molar-refractivity contribution in [3.8, 4) is 0 Å². The first-order valence-electron chi connectivity index (χ1n) is 10.2. The summed E-state index contributed by atoms with van der Waals surface area (Å²) >= 11 is 0. The quantitative estimate of drug-likeness (QED) is 0.294. The number of ether oxygens (including phenoxy) is 2. The number of aliphatic carboxylic acids is 1. The highest BCUT2D eigenvalue weighted by molar-refractivity contribution is 5.80. The van der Waals surface area contributed by atoms with Gasteiger partial charge in [-0.3, -0.25) is 0 Å². The van der Waals surface area contributed by atoms with Crippen molar-refractivity contribution in [1.29, 1.82) is 0 Å².